The van der Waals surface area contributed by atoms with Crippen molar-refractivity contribution in [2.24, 2.45) is 0 Å². The van der Waals surface area contributed by atoms with E-state index in [0.717, 1.165) is 42.7 Å². The molecule has 6 nitrogen and oxygen atoms in total. The minimum atomic E-state index is -3.53. The van der Waals surface area contributed by atoms with Gasteiger partial charge < -0.3 is 4.57 Å². The first-order valence-electron chi connectivity index (χ1n) is 9.58. The molecule has 1 fully saturated rings. The molecule has 1 saturated heterocycles. The molecule has 0 N–H and O–H groups in total. The quantitative estimate of drug-likeness (QED) is 0.626. The molecular weight excluding hydrogens is 396 g/mol. The molecule has 28 heavy (non-hydrogen) atoms. The second kappa shape index (κ2) is 7.81. The van der Waals surface area contributed by atoms with Crippen LogP contribution in [0.15, 0.2) is 47.5 Å². The summed E-state index contributed by atoms with van der Waals surface area (Å²) in [7, 11) is -3.53. The molecule has 0 bridgehead atoms. The van der Waals surface area contributed by atoms with Crippen LogP contribution in [0.25, 0.3) is 11.2 Å². The summed E-state index contributed by atoms with van der Waals surface area (Å²) in [5.41, 5.74) is 1.79. The Bertz CT molecular complexity index is 1090. The van der Waals surface area contributed by atoms with Crippen LogP contribution in [0.3, 0.4) is 0 Å². The Labute approximate surface area is 170 Å². The lowest BCUT2D eigenvalue weighted by Crippen LogP contribution is -2.39. The average molecular weight is 419 g/mol. The monoisotopic (exact) mass is 418 g/mol. The highest BCUT2D eigenvalue weighted by molar-refractivity contribution is 7.89. The first-order chi connectivity index (χ1) is 13.5. The third-order valence-corrected chi connectivity index (χ3v) is 7.35. The number of halogens is 1. The van der Waals surface area contributed by atoms with E-state index in [0.29, 0.717) is 18.1 Å². The van der Waals surface area contributed by atoms with Crippen LogP contribution >= 0.6 is 11.6 Å². The smallest absolute Gasteiger partial charge is 0.243 e. The molecule has 8 heteroatoms. The van der Waals surface area contributed by atoms with Gasteiger partial charge in [-0.2, -0.15) is 4.31 Å². The topological polar surface area (TPSA) is 68.1 Å². The number of benzene rings is 1. The first kappa shape index (κ1) is 19.4. The van der Waals surface area contributed by atoms with E-state index in [2.05, 4.69) is 16.5 Å². The number of nitrogens with zero attached hydrogens (tertiary/aromatic N) is 4. The SMILES string of the molecule is CCCc1nc2cccnc2n1C1CCN(S(=O)(=O)c2cccc(Cl)c2)CC1. The van der Waals surface area contributed by atoms with Crippen molar-refractivity contribution >= 4 is 32.8 Å². The molecule has 4 rings (SSSR count). The van der Waals surface area contributed by atoms with E-state index >= 15 is 0 Å². The van der Waals surface area contributed by atoms with Crippen molar-refractivity contribution in [3.8, 4) is 0 Å². The number of hydrogen-bond acceptors (Lipinski definition) is 4. The molecule has 0 radical (unpaired) electrons. The van der Waals surface area contributed by atoms with Crippen LogP contribution in [0, 0.1) is 0 Å². The fraction of sp³-hybridized carbons (Fsp3) is 0.400. The minimum absolute atomic E-state index is 0.201. The molecule has 0 amide bonds. The first-order valence-corrected chi connectivity index (χ1v) is 11.4. The van der Waals surface area contributed by atoms with E-state index in [1.54, 1.807) is 28.7 Å². The second-order valence-electron chi connectivity index (χ2n) is 7.09. The number of fused-ring (bicyclic) bond motifs is 1. The molecule has 1 aliphatic heterocycles. The van der Waals surface area contributed by atoms with Gasteiger partial charge in [-0.25, -0.2) is 18.4 Å². The van der Waals surface area contributed by atoms with Gasteiger partial charge in [0.05, 0.1) is 4.90 Å². The van der Waals surface area contributed by atoms with E-state index in [9.17, 15) is 8.42 Å². The Kier molecular flexibility index (Phi) is 5.40. The normalized spacial score (nSPS) is 16.6. The number of piperidine rings is 1. The Morgan fingerprint density at radius 3 is 2.68 bits per heavy atom. The molecule has 1 aromatic carbocycles. The lowest BCUT2D eigenvalue weighted by Gasteiger charge is -2.32. The molecular formula is C20H23ClN4O2S. The van der Waals surface area contributed by atoms with Crippen LogP contribution in [0.2, 0.25) is 5.02 Å². The summed E-state index contributed by atoms with van der Waals surface area (Å²) in [6.45, 7) is 3.08. The number of pyridine rings is 1. The number of aryl methyl sites for hydroxylation is 1. The van der Waals surface area contributed by atoms with Crippen molar-refractivity contribution in [1.82, 2.24) is 18.8 Å². The van der Waals surface area contributed by atoms with Crippen molar-refractivity contribution in [2.45, 2.75) is 43.5 Å². The van der Waals surface area contributed by atoms with Crippen LogP contribution in [-0.4, -0.2) is 40.3 Å². The number of aromatic nitrogens is 3. The highest BCUT2D eigenvalue weighted by Crippen LogP contribution is 2.31. The van der Waals surface area contributed by atoms with Gasteiger partial charge >= 0.3 is 0 Å². The molecule has 148 valence electrons. The fourth-order valence-corrected chi connectivity index (χ4v) is 5.65. The molecule has 0 atom stereocenters. The number of rotatable bonds is 5. The van der Waals surface area contributed by atoms with Gasteiger partial charge in [-0.3, -0.25) is 0 Å². The molecule has 0 aliphatic carbocycles. The van der Waals surface area contributed by atoms with Crippen LogP contribution < -0.4 is 0 Å². The predicted octanol–water partition coefficient (Wildman–Crippen LogP) is 4.06. The van der Waals surface area contributed by atoms with Crippen molar-refractivity contribution in [3.05, 3.63) is 53.4 Å². The van der Waals surface area contributed by atoms with E-state index in [-0.39, 0.29) is 10.9 Å². The third-order valence-electron chi connectivity index (χ3n) is 5.22. The Balaban J connectivity index is 1.58. The summed E-state index contributed by atoms with van der Waals surface area (Å²) in [4.78, 5) is 9.54. The van der Waals surface area contributed by atoms with Gasteiger partial charge in [0.25, 0.3) is 0 Å². The van der Waals surface area contributed by atoms with Gasteiger partial charge in [0.1, 0.15) is 11.3 Å². The van der Waals surface area contributed by atoms with Crippen LogP contribution in [0.4, 0.5) is 0 Å². The Hall–Kier alpha value is -1.96. The summed E-state index contributed by atoms with van der Waals surface area (Å²) < 4.78 is 29.7. The molecule has 2 aromatic heterocycles. The number of sulfonamides is 1. The van der Waals surface area contributed by atoms with Gasteiger partial charge in [0, 0.05) is 36.8 Å². The zero-order valence-corrected chi connectivity index (χ0v) is 17.3. The maximum Gasteiger partial charge on any atom is 0.243 e. The zero-order chi connectivity index (χ0) is 19.7. The lowest BCUT2D eigenvalue weighted by atomic mass is 10.1. The Morgan fingerprint density at radius 2 is 1.96 bits per heavy atom. The molecule has 1 aliphatic rings. The molecule has 0 spiro atoms. The van der Waals surface area contributed by atoms with Crippen LogP contribution in [0.5, 0.6) is 0 Å². The largest absolute Gasteiger partial charge is 0.309 e. The number of hydrogen-bond donors (Lipinski definition) is 0. The second-order valence-corrected chi connectivity index (χ2v) is 9.46. The molecule has 3 aromatic rings. The van der Waals surface area contributed by atoms with E-state index in [1.807, 2.05) is 12.1 Å². The predicted molar refractivity (Wildman–Crippen MR) is 110 cm³/mol. The standard InChI is InChI=1S/C20H23ClN4O2S/c1-2-5-19-23-18-8-4-11-22-20(18)25(19)16-9-12-24(13-10-16)28(26,27)17-7-3-6-15(21)14-17/h3-4,6-8,11,14,16H,2,5,9-10,12-13H2,1H3. The van der Waals surface area contributed by atoms with E-state index in [1.165, 1.54) is 6.07 Å². The summed E-state index contributed by atoms with van der Waals surface area (Å²) >= 11 is 5.98. The summed E-state index contributed by atoms with van der Waals surface area (Å²) in [6, 6.07) is 10.5. The van der Waals surface area contributed by atoms with Gasteiger partial charge in [0.15, 0.2) is 5.65 Å². The molecule has 0 unspecified atom stereocenters. The van der Waals surface area contributed by atoms with E-state index in [4.69, 9.17) is 16.6 Å². The van der Waals surface area contributed by atoms with Crippen LogP contribution in [-0.2, 0) is 16.4 Å². The molecule has 0 saturated carbocycles. The van der Waals surface area contributed by atoms with Crippen LogP contribution in [0.1, 0.15) is 38.1 Å². The van der Waals surface area contributed by atoms with Gasteiger partial charge in [-0.15, -0.1) is 0 Å². The fourth-order valence-electron chi connectivity index (χ4n) is 3.88. The minimum Gasteiger partial charge on any atom is -0.309 e. The maximum atomic E-state index is 13.0. The summed E-state index contributed by atoms with van der Waals surface area (Å²) in [5.74, 6) is 1.03. The lowest BCUT2D eigenvalue weighted by molar-refractivity contribution is 0.273. The summed E-state index contributed by atoms with van der Waals surface area (Å²) in [6.07, 6.45) is 5.15. The van der Waals surface area contributed by atoms with Crippen molar-refractivity contribution in [3.63, 3.8) is 0 Å². The zero-order valence-electron chi connectivity index (χ0n) is 15.8. The maximum absolute atomic E-state index is 13.0. The Morgan fingerprint density at radius 1 is 1.18 bits per heavy atom. The van der Waals surface area contributed by atoms with Crippen molar-refractivity contribution in [1.29, 1.82) is 0 Å². The molecule has 3 heterocycles. The number of imidazole rings is 1. The van der Waals surface area contributed by atoms with Gasteiger partial charge in [0.2, 0.25) is 10.0 Å². The van der Waals surface area contributed by atoms with Gasteiger partial charge in [-0.05, 0) is 49.6 Å². The summed E-state index contributed by atoms with van der Waals surface area (Å²) in [5, 5.41) is 0.427. The highest BCUT2D eigenvalue weighted by atomic mass is 35.5. The average Bonchev–Trinajstić information content (AvgIpc) is 3.06. The highest BCUT2D eigenvalue weighted by Gasteiger charge is 2.31. The van der Waals surface area contributed by atoms with Crippen molar-refractivity contribution < 1.29 is 8.42 Å². The van der Waals surface area contributed by atoms with E-state index < -0.39 is 10.0 Å². The van der Waals surface area contributed by atoms with Crippen molar-refractivity contribution in [2.75, 3.05) is 13.1 Å². The third kappa shape index (κ3) is 3.54. The van der Waals surface area contributed by atoms with Gasteiger partial charge in [-0.1, -0.05) is 24.6 Å².